The molecule has 0 radical (unpaired) electrons. The lowest BCUT2D eigenvalue weighted by Gasteiger charge is -2.16. The molecule has 0 bridgehead atoms. The number of rotatable bonds is 5. The van der Waals surface area contributed by atoms with E-state index < -0.39 is 0 Å². The molecule has 2 aromatic rings. The lowest BCUT2D eigenvalue weighted by molar-refractivity contribution is -0.118. The maximum Gasteiger partial charge on any atom is 0.244 e. The standard InChI is InChI=1S/C16H19BrN4O2/c1-20-10-12(9-19-20)21-7-6-14(16(21)22)18-8-11-4-3-5-13(17)15(11)23-2/h3-5,9-10,14,18H,6-8H2,1-2H3. The van der Waals surface area contributed by atoms with Crippen LogP contribution in [0, 0.1) is 0 Å². The average Bonchev–Trinajstić information content (AvgIpc) is 3.11. The van der Waals surface area contributed by atoms with Crippen LogP contribution < -0.4 is 15.0 Å². The van der Waals surface area contributed by atoms with Crippen molar-refractivity contribution >= 4 is 27.5 Å². The van der Waals surface area contributed by atoms with Crippen LogP contribution in [0.2, 0.25) is 0 Å². The first-order valence-electron chi connectivity index (χ1n) is 7.45. The molecular weight excluding hydrogens is 360 g/mol. The number of aryl methyl sites for hydroxylation is 1. The maximum atomic E-state index is 12.5. The van der Waals surface area contributed by atoms with Crippen molar-refractivity contribution in [1.29, 1.82) is 0 Å². The highest BCUT2D eigenvalue weighted by Gasteiger charge is 2.32. The van der Waals surface area contributed by atoms with Crippen LogP contribution in [-0.2, 0) is 18.4 Å². The van der Waals surface area contributed by atoms with Crippen LogP contribution in [0.5, 0.6) is 5.75 Å². The fourth-order valence-electron chi connectivity index (χ4n) is 2.83. The Morgan fingerprint density at radius 3 is 3.00 bits per heavy atom. The Morgan fingerprint density at radius 2 is 2.30 bits per heavy atom. The van der Waals surface area contributed by atoms with Crippen LogP contribution >= 0.6 is 15.9 Å². The van der Waals surface area contributed by atoms with Crippen LogP contribution in [0.1, 0.15) is 12.0 Å². The Hall–Kier alpha value is -1.86. The van der Waals surface area contributed by atoms with Gasteiger partial charge in [0.05, 0.1) is 29.5 Å². The van der Waals surface area contributed by atoms with E-state index in [1.54, 1.807) is 22.9 Å². The lowest BCUT2D eigenvalue weighted by Crippen LogP contribution is -2.37. The van der Waals surface area contributed by atoms with Crippen LogP contribution in [-0.4, -0.2) is 35.4 Å². The fraction of sp³-hybridized carbons (Fsp3) is 0.375. The van der Waals surface area contributed by atoms with Crippen molar-refractivity contribution in [3.8, 4) is 5.75 Å². The molecule has 1 aromatic heterocycles. The van der Waals surface area contributed by atoms with Gasteiger partial charge in [-0.15, -0.1) is 0 Å². The van der Waals surface area contributed by atoms with Gasteiger partial charge in [-0.25, -0.2) is 0 Å². The molecule has 1 unspecified atom stereocenters. The van der Waals surface area contributed by atoms with E-state index in [1.165, 1.54) is 0 Å². The lowest BCUT2D eigenvalue weighted by atomic mass is 10.1. The van der Waals surface area contributed by atoms with Crippen LogP contribution in [0.25, 0.3) is 0 Å². The van der Waals surface area contributed by atoms with Crippen molar-refractivity contribution in [3.63, 3.8) is 0 Å². The Morgan fingerprint density at radius 1 is 1.48 bits per heavy atom. The molecule has 1 fully saturated rings. The van der Waals surface area contributed by atoms with E-state index in [4.69, 9.17) is 4.74 Å². The predicted octanol–water partition coefficient (Wildman–Crippen LogP) is 2.09. The molecule has 1 amide bonds. The van der Waals surface area contributed by atoms with Crippen LogP contribution in [0.15, 0.2) is 35.1 Å². The number of nitrogens with one attached hydrogen (secondary N) is 1. The molecule has 1 saturated heterocycles. The Balaban J connectivity index is 1.66. The third-order valence-electron chi connectivity index (χ3n) is 4.00. The van der Waals surface area contributed by atoms with Crippen molar-refractivity contribution in [3.05, 3.63) is 40.6 Å². The molecule has 7 heteroatoms. The van der Waals surface area contributed by atoms with Gasteiger partial charge in [0.15, 0.2) is 0 Å². The average molecular weight is 379 g/mol. The van der Waals surface area contributed by atoms with Gasteiger partial charge in [-0.05, 0) is 28.4 Å². The van der Waals surface area contributed by atoms with Gasteiger partial charge in [-0.2, -0.15) is 5.10 Å². The Labute approximate surface area is 143 Å². The number of carbonyl (C=O) groups excluding carboxylic acids is 1. The highest BCUT2D eigenvalue weighted by atomic mass is 79.9. The van der Waals surface area contributed by atoms with E-state index in [-0.39, 0.29) is 11.9 Å². The second-order valence-electron chi connectivity index (χ2n) is 5.52. The summed E-state index contributed by atoms with van der Waals surface area (Å²) in [6, 6.07) is 5.71. The van der Waals surface area contributed by atoms with Crippen molar-refractivity contribution in [2.24, 2.45) is 7.05 Å². The predicted molar refractivity (Wildman–Crippen MR) is 91.5 cm³/mol. The second-order valence-corrected chi connectivity index (χ2v) is 6.37. The first kappa shape index (κ1) is 16.0. The molecule has 2 heterocycles. The Bertz CT molecular complexity index is 716. The normalized spacial score (nSPS) is 17.8. The number of para-hydroxylation sites is 1. The van der Waals surface area contributed by atoms with Crippen molar-refractivity contribution in [2.45, 2.75) is 19.0 Å². The summed E-state index contributed by atoms with van der Waals surface area (Å²) >= 11 is 3.48. The number of amides is 1. The third-order valence-corrected chi connectivity index (χ3v) is 4.62. The summed E-state index contributed by atoms with van der Waals surface area (Å²) in [5.74, 6) is 0.890. The molecular formula is C16H19BrN4O2. The number of hydrogen-bond acceptors (Lipinski definition) is 4. The monoisotopic (exact) mass is 378 g/mol. The van der Waals surface area contributed by atoms with Crippen molar-refractivity contribution < 1.29 is 9.53 Å². The molecule has 1 aliphatic heterocycles. The zero-order valence-corrected chi connectivity index (χ0v) is 14.7. The molecule has 122 valence electrons. The van der Waals surface area contributed by atoms with Gasteiger partial charge in [0.1, 0.15) is 5.75 Å². The van der Waals surface area contributed by atoms with E-state index >= 15 is 0 Å². The van der Waals surface area contributed by atoms with Gasteiger partial charge < -0.3 is 15.0 Å². The number of anilines is 1. The van der Waals surface area contributed by atoms with E-state index in [9.17, 15) is 4.79 Å². The van der Waals surface area contributed by atoms with E-state index in [0.717, 1.165) is 27.9 Å². The molecule has 23 heavy (non-hydrogen) atoms. The maximum absolute atomic E-state index is 12.5. The molecule has 1 atom stereocenters. The third kappa shape index (κ3) is 3.25. The summed E-state index contributed by atoms with van der Waals surface area (Å²) in [7, 11) is 3.49. The topological polar surface area (TPSA) is 59.4 Å². The van der Waals surface area contributed by atoms with Crippen molar-refractivity contribution in [1.82, 2.24) is 15.1 Å². The highest BCUT2D eigenvalue weighted by molar-refractivity contribution is 9.10. The summed E-state index contributed by atoms with van der Waals surface area (Å²) in [5, 5.41) is 7.46. The second kappa shape index (κ2) is 6.72. The minimum absolute atomic E-state index is 0.0898. The summed E-state index contributed by atoms with van der Waals surface area (Å²) in [4.78, 5) is 14.3. The summed E-state index contributed by atoms with van der Waals surface area (Å²) in [6.45, 7) is 1.29. The minimum Gasteiger partial charge on any atom is -0.495 e. The summed E-state index contributed by atoms with van der Waals surface area (Å²) in [6.07, 6.45) is 4.36. The van der Waals surface area contributed by atoms with Gasteiger partial charge in [-0.1, -0.05) is 12.1 Å². The van der Waals surface area contributed by atoms with Gasteiger partial charge in [0.25, 0.3) is 0 Å². The summed E-state index contributed by atoms with van der Waals surface area (Å²) in [5.41, 5.74) is 1.87. The molecule has 0 spiro atoms. The molecule has 0 saturated carbocycles. The number of ether oxygens (including phenoxy) is 1. The molecule has 1 N–H and O–H groups in total. The van der Waals surface area contributed by atoms with E-state index in [2.05, 4.69) is 26.3 Å². The van der Waals surface area contributed by atoms with Gasteiger partial charge in [0, 0.05) is 31.9 Å². The number of carbonyl (C=O) groups is 1. The number of nitrogens with zero attached hydrogens (tertiary/aromatic N) is 3. The number of aromatic nitrogens is 2. The van der Waals surface area contributed by atoms with Gasteiger partial charge >= 0.3 is 0 Å². The Kier molecular flexibility index (Phi) is 4.68. The number of halogens is 1. The molecule has 6 nitrogen and oxygen atoms in total. The SMILES string of the molecule is COc1c(Br)cccc1CNC1CCN(c2cnn(C)c2)C1=O. The van der Waals surface area contributed by atoms with E-state index in [0.29, 0.717) is 13.1 Å². The zero-order valence-electron chi connectivity index (χ0n) is 13.1. The summed E-state index contributed by atoms with van der Waals surface area (Å²) < 4.78 is 8.03. The molecule has 1 aliphatic rings. The quantitative estimate of drug-likeness (QED) is 0.865. The van der Waals surface area contributed by atoms with Crippen LogP contribution in [0.3, 0.4) is 0 Å². The zero-order chi connectivity index (χ0) is 16.4. The van der Waals surface area contributed by atoms with Gasteiger partial charge in [-0.3, -0.25) is 9.48 Å². The van der Waals surface area contributed by atoms with E-state index in [1.807, 2.05) is 31.4 Å². The van der Waals surface area contributed by atoms with Crippen LogP contribution in [0.4, 0.5) is 5.69 Å². The molecule has 1 aromatic carbocycles. The van der Waals surface area contributed by atoms with Crippen molar-refractivity contribution in [2.75, 3.05) is 18.6 Å². The smallest absolute Gasteiger partial charge is 0.244 e. The fourth-order valence-corrected chi connectivity index (χ4v) is 3.40. The largest absolute Gasteiger partial charge is 0.495 e. The minimum atomic E-state index is -0.182. The first-order chi connectivity index (χ1) is 11.1. The molecule has 0 aliphatic carbocycles. The number of methoxy groups -OCH3 is 1. The number of benzene rings is 1. The van der Waals surface area contributed by atoms with Gasteiger partial charge in [0.2, 0.25) is 5.91 Å². The number of hydrogen-bond donors (Lipinski definition) is 1. The first-order valence-corrected chi connectivity index (χ1v) is 8.24. The highest BCUT2D eigenvalue weighted by Crippen LogP contribution is 2.29. The molecule has 3 rings (SSSR count).